The zero-order valence-electron chi connectivity index (χ0n) is 18.4. The number of fused-ring (bicyclic) bond motifs is 1. The molecule has 1 aliphatic rings. The number of benzene rings is 1. The molecule has 1 amide bonds. The molecule has 1 fully saturated rings. The van der Waals surface area contributed by atoms with Gasteiger partial charge in [-0.3, -0.25) is 9.59 Å². The van der Waals surface area contributed by atoms with Gasteiger partial charge in [0.1, 0.15) is 22.5 Å². The fraction of sp³-hybridized carbons (Fsp3) is 0.304. The number of carbonyl (C=O) groups excluding carboxylic acids is 1. The van der Waals surface area contributed by atoms with E-state index < -0.39 is 5.91 Å². The maximum absolute atomic E-state index is 12.5. The summed E-state index contributed by atoms with van der Waals surface area (Å²) in [6.45, 7) is 0. The summed E-state index contributed by atoms with van der Waals surface area (Å²) < 4.78 is 7.05. The van der Waals surface area contributed by atoms with E-state index in [0.29, 0.717) is 17.1 Å². The van der Waals surface area contributed by atoms with Crippen LogP contribution in [0.1, 0.15) is 28.9 Å². The van der Waals surface area contributed by atoms with E-state index in [2.05, 4.69) is 20.9 Å². The lowest BCUT2D eigenvalue weighted by Gasteiger charge is -2.36. The quantitative estimate of drug-likeness (QED) is 0.477. The Labute approximate surface area is 195 Å². The van der Waals surface area contributed by atoms with Crippen LogP contribution in [0.25, 0.3) is 10.9 Å². The van der Waals surface area contributed by atoms with E-state index in [1.165, 1.54) is 13.1 Å². The largest absolute Gasteiger partial charge is 0.379 e. The normalized spacial score (nSPS) is 17.2. The van der Waals surface area contributed by atoms with E-state index in [4.69, 9.17) is 16.3 Å². The monoisotopic (exact) mass is 466 g/mol. The van der Waals surface area contributed by atoms with Crippen molar-refractivity contribution in [3.8, 4) is 6.07 Å². The smallest absolute Gasteiger partial charge is 0.269 e. The van der Waals surface area contributed by atoms with Crippen LogP contribution in [-0.2, 0) is 11.8 Å². The zero-order valence-corrected chi connectivity index (χ0v) is 19.2. The molecule has 2 unspecified atom stereocenters. The Morgan fingerprint density at radius 2 is 2.06 bits per heavy atom. The lowest BCUT2D eigenvalue weighted by molar-refractivity contribution is 0.0287. The fourth-order valence-corrected chi connectivity index (χ4v) is 4.13. The molecule has 0 bridgehead atoms. The molecule has 0 aliphatic heterocycles. The number of nitriles is 1. The number of carbonyl (C=O) groups is 1. The number of nitrogens with zero attached hydrogens (tertiary/aromatic N) is 3. The highest BCUT2D eigenvalue weighted by Gasteiger charge is 2.31. The summed E-state index contributed by atoms with van der Waals surface area (Å²) in [5.74, 6) is -0.419. The number of anilines is 3. The molecule has 0 saturated heterocycles. The standard InChI is InChI=1S/C23H23ClN6O3/c1-26-23(32)18-9-16(14(11-25)22(24)29-18)27-12-4-6-19-13(8-12)17(10-21(31)30(19)2)28-15-5-7-20(15)33-3/h4,6,8-10,15,20,28H,5,7H2,1-3H3,(H,26,32)(H,27,29). The number of ether oxygens (including phenoxy) is 1. The van der Waals surface area contributed by atoms with Crippen LogP contribution in [0.2, 0.25) is 5.15 Å². The third kappa shape index (κ3) is 4.23. The van der Waals surface area contributed by atoms with Gasteiger partial charge in [0.25, 0.3) is 11.5 Å². The number of halogens is 1. The van der Waals surface area contributed by atoms with E-state index in [-0.39, 0.29) is 34.1 Å². The van der Waals surface area contributed by atoms with Gasteiger partial charge in [0.15, 0.2) is 0 Å². The molecule has 33 heavy (non-hydrogen) atoms. The third-order valence-corrected chi connectivity index (χ3v) is 6.20. The van der Waals surface area contributed by atoms with Crippen molar-refractivity contribution in [2.24, 2.45) is 7.05 Å². The van der Waals surface area contributed by atoms with Crippen LogP contribution in [-0.4, -0.2) is 41.8 Å². The molecule has 4 rings (SSSR count). The number of hydrogen-bond acceptors (Lipinski definition) is 7. The molecule has 2 aromatic heterocycles. The van der Waals surface area contributed by atoms with E-state index in [1.54, 1.807) is 30.9 Å². The van der Waals surface area contributed by atoms with Crippen LogP contribution in [0.3, 0.4) is 0 Å². The van der Waals surface area contributed by atoms with Crippen LogP contribution in [0.4, 0.5) is 17.1 Å². The molecular weight excluding hydrogens is 444 g/mol. The lowest BCUT2D eigenvalue weighted by Crippen LogP contribution is -2.44. The molecule has 1 aromatic carbocycles. The number of amides is 1. The van der Waals surface area contributed by atoms with Crippen LogP contribution < -0.4 is 21.5 Å². The van der Waals surface area contributed by atoms with E-state index >= 15 is 0 Å². The van der Waals surface area contributed by atoms with E-state index in [0.717, 1.165) is 23.7 Å². The maximum Gasteiger partial charge on any atom is 0.269 e. The molecule has 10 heteroatoms. The third-order valence-electron chi connectivity index (χ3n) is 5.93. The van der Waals surface area contributed by atoms with Gasteiger partial charge in [0.2, 0.25) is 0 Å². The average molecular weight is 467 g/mol. The summed E-state index contributed by atoms with van der Waals surface area (Å²) in [7, 11) is 4.89. The first-order valence-electron chi connectivity index (χ1n) is 10.4. The topological polar surface area (TPSA) is 121 Å². The minimum atomic E-state index is -0.419. The lowest BCUT2D eigenvalue weighted by atomic mass is 9.88. The molecule has 3 N–H and O–H groups in total. The highest BCUT2D eigenvalue weighted by atomic mass is 35.5. The molecule has 0 radical (unpaired) electrons. The average Bonchev–Trinajstić information content (AvgIpc) is 2.79. The number of rotatable bonds is 6. The first-order valence-corrected chi connectivity index (χ1v) is 10.8. The summed E-state index contributed by atoms with van der Waals surface area (Å²) in [6.07, 6.45) is 2.03. The van der Waals surface area contributed by atoms with Crippen molar-refractivity contribution in [2.45, 2.75) is 25.0 Å². The van der Waals surface area contributed by atoms with Gasteiger partial charge in [0, 0.05) is 44.0 Å². The number of nitrogens with one attached hydrogen (secondary N) is 3. The number of hydrogen-bond donors (Lipinski definition) is 3. The van der Waals surface area contributed by atoms with Crippen molar-refractivity contribution >= 4 is 45.5 Å². The zero-order chi connectivity index (χ0) is 23.7. The van der Waals surface area contributed by atoms with E-state index in [9.17, 15) is 14.9 Å². The molecule has 3 aromatic rings. The van der Waals surface area contributed by atoms with Gasteiger partial charge in [-0.1, -0.05) is 11.6 Å². The number of pyridine rings is 2. The fourth-order valence-electron chi connectivity index (χ4n) is 3.89. The predicted octanol–water partition coefficient (Wildman–Crippen LogP) is 3.15. The minimum absolute atomic E-state index is 0.0674. The Morgan fingerprint density at radius 1 is 1.27 bits per heavy atom. The van der Waals surface area contributed by atoms with Crippen LogP contribution in [0.5, 0.6) is 0 Å². The first-order chi connectivity index (χ1) is 15.9. The Bertz CT molecular complexity index is 1340. The Morgan fingerprint density at radius 3 is 2.70 bits per heavy atom. The second-order valence-corrected chi connectivity index (χ2v) is 8.18. The Balaban J connectivity index is 1.77. The van der Waals surface area contributed by atoms with Crippen molar-refractivity contribution in [1.29, 1.82) is 5.26 Å². The maximum atomic E-state index is 12.5. The summed E-state index contributed by atoms with van der Waals surface area (Å²) in [5, 5.41) is 19.4. The predicted molar refractivity (Wildman–Crippen MR) is 127 cm³/mol. The molecule has 1 saturated carbocycles. The van der Waals surface area contributed by atoms with Crippen molar-refractivity contribution in [1.82, 2.24) is 14.9 Å². The highest BCUT2D eigenvalue weighted by Crippen LogP contribution is 2.32. The molecule has 2 heterocycles. The van der Waals surface area contributed by atoms with Crippen LogP contribution in [0, 0.1) is 11.3 Å². The van der Waals surface area contributed by atoms with Gasteiger partial charge in [0.05, 0.1) is 23.3 Å². The van der Waals surface area contributed by atoms with E-state index in [1.807, 2.05) is 18.2 Å². The van der Waals surface area contributed by atoms with Gasteiger partial charge < -0.3 is 25.3 Å². The van der Waals surface area contributed by atoms with Crippen LogP contribution in [0.15, 0.2) is 35.1 Å². The molecule has 1 aliphatic carbocycles. The summed E-state index contributed by atoms with van der Waals surface area (Å²) >= 11 is 6.15. The number of aryl methyl sites for hydroxylation is 1. The van der Waals surface area contributed by atoms with Gasteiger partial charge in [-0.05, 0) is 37.1 Å². The first kappa shape index (κ1) is 22.6. The van der Waals surface area contributed by atoms with Crippen molar-refractivity contribution in [3.05, 3.63) is 57.1 Å². The van der Waals surface area contributed by atoms with Crippen molar-refractivity contribution in [2.75, 3.05) is 24.8 Å². The van der Waals surface area contributed by atoms with Crippen LogP contribution >= 0.6 is 11.6 Å². The SMILES string of the molecule is CNC(=O)c1cc(Nc2ccc3c(c2)c(NC2CCC2OC)cc(=O)n3C)c(C#N)c(Cl)n1. The molecule has 0 spiro atoms. The Kier molecular flexibility index (Phi) is 6.22. The van der Waals surface area contributed by atoms with Crippen molar-refractivity contribution < 1.29 is 9.53 Å². The molecule has 9 nitrogen and oxygen atoms in total. The second kappa shape index (κ2) is 9.10. The van der Waals surface area contributed by atoms with Gasteiger partial charge >= 0.3 is 0 Å². The number of methoxy groups -OCH3 is 1. The van der Waals surface area contributed by atoms with Crippen molar-refractivity contribution in [3.63, 3.8) is 0 Å². The second-order valence-electron chi connectivity index (χ2n) is 7.83. The summed E-state index contributed by atoms with van der Waals surface area (Å²) in [5.41, 5.74) is 2.56. The molecule has 2 atom stereocenters. The summed E-state index contributed by atoms with van der Waals surface area (Å²) in [6, 6.07) is 10.7. The molecule has 170 valence electrons. The molecular formula is C23H23ClN6O3. The van der Waals surface area contributed by atoms with Gasteiger partial charge in [-0.2, -0.15) is 5.26 Å². The number of aromatic nitrogens is 2. The summed E-state index contributed by atoms with van der Waals surface area (Å²) in [4.78, 5) is 28.5. The Hall–Kier alpha value is -3.61. The highest BCUT2D eigenvalue weighted by molar-refractivity contribution is 6.31. The van der Waals surface area contributed by atoms with Gasteiger partial charge in [-0.15, -0.1) is 0 Å². The van der Waals surface area contributed by atoms with Gasteiger partial charge in [-0.25, -0.2) is 4.98 Å². The minimum Gasteiger partial charge on any atom is -0.379 e.